The first-order chi connectivity index (χ1) is 18.1. The number of hydrogen-bond acceptors (Lipinski definition) is 7. The number of ketones is 1. The highest BCUT2D eigenvalue weighted by atomic mass is 16.6. The molecule has 3 heterocycles. The number of aliphatic hydroxyl groups is 1. The highest BCUT2D eigenvalue weighted by molar-refractivity contribution is 6.46. The van der Waals surface area contributed by atoms with E-state index in [9.17, 15) is 14.7 Å². The van der Waals surface area contributed by atoms with Gasteiger partial charge in [0, 0.05) is 5.56 Å². The van der Waals surface area contributed by atoms with Gasteiger partial charge in [-0.25, -0.2) is 0 Å². The molecule has 3 aromatic rings. The molecule has 0 radical (unpaired) electrons. The maximum Gasteiger partial charge on any atom is 0.296 e. The van der Waals surface area contributed by atoms with E-state index in [1.54, 1.807) is 30.3 Å². The van der Waals surface area contributed by atoms with E-state index in [2.05, 4.69) is 6.92 Å². The zero-order chi connectivity index (χ0) is 25.8. The Morgan fingerprint density at radius 3 is 2.54 bits per heavy atom. The Hall–Kier alpha value is -4.20. The number of likely N-dealkylation sites (tertiary alicyclic amines) is 1. The first kappa shape index (κ1) is 24.5. The van der Waals surface area contributed by atoms with Crippen LogP contribution < -0.4 is 14.2 Å². The van der Waals surface area contributed by atoms with Gasteiger partial charge in [-0.2, -0.15) is 0 Å². The summed E-state index contributed by atoms with van der Waals surface area (Å²) in [7, 11) is 0. The summed E-state index contributed by atoms with van der Waals surface area (Å²) in [5, 5.41) is 11.3. The standard InChI is InChI=1S/C29H29NO7/c1-2-3-4-13-34-21-10-7-19(8-11-21)26-25(28(32)29(33)30(26)18-22-6-5-14-35-22)27(31)20-9-12-23-24(17-20)37-16-15-36-23/h5-12,14,17,26,31H,2-4,13,15-16,18H2,1H3/b27-25-. The van der Waals surface area contributed by atoms with Crippen molar-refractivity contribution < 1.29 is 33.3 Å². The highest BCUT2D eigenvalue weighted by Gasteiger charge is 2.46. The second kappa shape index (κ2) is 10.8. The van der Waals surface area contributed by atoms with E-state index < -0.39 is 17.7 Å². The van der Waals surface area contributed by atoms with E-state index >= 15 is 0 Å². The smallest absolute Gasteiger partial charge is 0.296 e. The van der Waals surface area contributed by atoms with Crippen LogP contribution in [0, 0.1) is 0 Å². The number of benzene rings is 2. The fraction of sp³-hybridized carbons (Fsp3) is 0.310. The lowest BCUT2D eigenvalue weighted by atomic mass is 9.95. The number of fused-ring (bicyclic) bond motifs is 1. The van der Waals surface area contributed by atoms with Crippen LogP contribution in [0.5, 0.6) is 17.2 Å². The van der Waals surface area contributed by atoms with Crippen molar-refractivity contribution in [1.29, 1.82) is 0 Å². The number of ether oxygens (including phenoxy) is 3. The van der Waals surface area contributed by atoms with Gasteiger partial charge in [0.25, 0.3) is 11.7 Å². The third-order valence-electron chi connectivity index (χ3n) is 6.47. The Morgan fingerprint density at radius 1 is 1.03 bits per heavy atom. The van der Waals surface area contributed by atoms with Crippen LogP contribution in [-0.2, 0) is 16.1 Å². The Bertz CT molecular complexity index is 1290. The number of carbonyl (C=O) groups is 2. The zero-order valence-electron chi connectivity index (χ0n) is 20.6. The lowest BCUT2D eigenvalue weighted by molar-refractivity contribution is -0.140. The van der Waals surface area contributed by atoms with Crippen LogP contribution in [0.3, 0.4) is 0 Å². The SMILES string of the molecule is CCCCCOc1ccc(C2/C(=C(/O)c3ccc4c(c3)OCCO4)C(=O)C(=O)N2Cc2ccco2)cc1. The number of rotatable bonds is 9. The Balaban J connectivity index is 1.52. The van der Waals surface area contributed by atoms with Crippen LogP contribution in [0.15, 0.2) is 70.9 Å². The van der Waals surface area contributed by atoms with Crippen LogP contribution in [0.2, 0.25) is 0 Å². The summed E-state index contributed by atoms with van der Waals surface area (Å²) < 4.78 is 22.5. The Morgan fingerprint density at radius 2 is 1.81 bits per heavy atom. The van der Waals surface area contributed by atoms with Crippen molar-refractivity contribution in [1.82, 2.24) is 4.90 Å². The summed E-state index contributed by atoms with van der Waals surface area (Å²) in [5.41, 5.74) is 1.04. The number of amides is 1. The first-order valence-corrected chi connectivity index (χ1v) is 12.5. The Kier molecular flexibility index (Phi) is 7.16. The van der Waals surface area contributed by atoms with E-state index in [-0.39, 0.29) is 17.9 Å². The molecule has 8 heteroatoms. The molecule has 1 aromatic heterocycles. The first-order valence-electron chi connectivity index (χ1n) is 12.5. The van der Waals surface area contributed by atoms with Crippen molar-refractivity contribution in [3.8, 4) is 17.2 Å². The molecule has 1 amide bonds. The lowest BCUT2D eigenvalue weighted by Gasteiger charge is -2.25. The van der Waals surface area contributed by atoms with Gasteiger partial charge in [0.1, 0.15) is 30.5 Å². The van der Waals surface area contributed by atoms with Crippen LogP contribution >= 0.6 is 0 Å². The van der Waals surface area contributed by atoms with Crippen LogP contribution in [0.4, 0.5) is 0 Å². The zero-order valence-corrected chi connectivity index (χ0v) is 20.6. The molecule has 1 fully saturated rings. The topological polar surface area (TPSA) is 98.4 Å². The second-order valence-electron chi connectivity index (χ2n) is 8.99. The second-order valence-corrected chi connectivity index (χ2v) is 8.99. The minimum Gasteiger partial charge on any atom is -0.507 e. The van der Waals surface area contributed by atoms with Gasteiger partial charge in [-0.05, 0) is 54.4 Å². The molecular weight excluding hydrogens is 474 g/mol. The summed E-state index contributed by atoms with van der Waals surface area (Å²) in [4.78, 5) is 27.9. The minimum atomic E-state index is -0.813. The summed E-state index contributed by atoms with van der Waals surface area (Å²) >= 11 is 0. The molecule has 37 heavy (non-hydrogen) atoms. The third kappa shape index (κ3) is 5.05. The van der Waals surface area contributed by atoms with Crippen LogP contribution in [-0.4, -0.2) is 41.5 Å². The number of aliphatic hydroxyl groups excluding tert-OH is 1. The maximum atomic E-state index is 13.3. The monoisotopic (exact) mass is 503 g/mol. The average molecular weight is 504 g/mol. The summed E-state index contributed by atoms with van der Waals surface area (Å²) in [6.45, 7) is 3.66. The van der Waals surface area contributed by atoms with Gasteiger partial charge in [-0.1, -0.05) is 31.9 Å². The van der Waals surface area contributed by atoms with E-state index in [0.717, 1.165) is 19.3 Å². The molecule has 2 aromatic carbocycles. The third-order valence-corrected chi connectivity index (χ3v) is 6.47. The van der Waals surface area contributed by atoms with E-state index in [1.807, 2.05) is 24.3 Å². The Labute approximate surface area is 215 Å². The van der Waals surface area contributed by atoms with Gasteiger partial charge in [0.2, 0.25) is 0 Å². The van der Waals surface area contributed by atoms with Crippen LogP contribution in [0.1, 0.15) is 49.1 Å². The molecule has 0 bridgehead atoms. The van der Waals surface area contributed by atoms with Crippen molar-refractivity contribution in [2.24, 2.45) is 0 Å². The number of carbonyl (C=O) groups excluding carboxylic acids is 2. The molecule has 8 nitrogen and oxygen atoms in total. The molecule has 2 aliphatic rings. The number of hydrogen-bond donors (Lipinski definition) is 1. The molecule has 1 saturated heterocycles. The van der Waals surface area contributed by atoms with Gasteiger partial charge in [-0.3, -0.25) is 9.59 Å². The van der Waals surface area contributed by atoms with Crippen molar-refractivity contribution >= 4 is 17.4 Å². The number of nitrogens with zero attached hydrogens (tertiary/aromatic N) is 1. The predicted molar refractivity (Wildman–Crippen MR) is 135 cm³/mol. The van der Waals surface area contributed by atoms with Gasteiger partial charge < -0.3 is 28.6 Å². The van der Waals surface area contributed by atoms with Gasteiger partial charge >= 0.3 is 0 Å². The molecule has 1 unspecified atom stereocenters. The van der Waals surface area contributed by atoms with Gasteiger partial charge in [0.05, 0.1) is 31.0 Å². The minimum absolute atomic E-state index is 0.00449. The van der Waals surface area contributed by atoms with Gasteiger partial charge in [-0.15, -0.1) is 0 Å². The lowest BCUT2D eigenvalue weighted by Crippen LogP contribution is -2.29. The van der Waals surface area contributed by atoms with Gasteiger partial charge in [0.15, 0.2) is 11.5 Å². The molecule has 0 spiro atoms. The summed E-state index contributed by atoms with van der Waals surface area (Å²) in [6, 6.07) is 14.9. The fourth-order valence-corrected chi connectivity index (χ4v) is 4.59. The van der Waals surface area contributed by atoms with Crippen molar-refractivity contribution in [2.45, 2.75) is 38.8 Å². The van der Waals surface area contributed by atoms with E-state index in [0.29, 0.717) is 54.0 Å². The average Bonchev–Trinajstić information content (AvgIpc) is 3.53. The summed E-state index contributed by atoms with van der Waals surface area (Å²) in [6.07, 6.45) is 4.69. The highest BCUT2D eigenvalue weighted by Crippen LogP contribution is 2.42. The van der Waals surface area contributed by atoms with E-state index in [4.69, 9.17) is 18.6 Å². The van der Waals surface area contributed by atoms with Crippen molar-refractivity contribution in [3.63, 3.8) is 0 Å². The largest absolute Gasteiger partial charge is 0.507 e. The van der Waals surface area contributed by atoms with Crippen molar-refractivity contribution in [3.05, 3.63) is 83.3 Å². The van der Waals surface area contributed by atoms with Crippen molar-refractivity contribution in [2.75, 3.05) is 19.8 Å². The maximum absolute atomic E-state index is 13.3. The fourth-order valence-electron chi connectivity index (χ4n) is 4.59. The number of Topliss-reactive ketones (excluding diaryl/α,β-unsaturated/α-hetero) is 1. The molecule has 1 N–H and O–H groups in total. The number of furan rings is 1. The van der Waals surface area contributed by atoms with E-state index in [1.165, 1.54) is 11.2 Å². The number of unbranched alkanes of at least 4 members (excludes halogenated alkanes) is 2. The molecule has 1 atom stereocenters. The quantitative estimate of drug-likeness (QED) is 0.184. The van der Waals surface area contributed by atoms with Crippen LogP contribution in [0.25, 0.3) is 5.76 Å². The molecule has 192 valence electrons. The normalized spacial score (nSPS) is 18.3. The molecule has 0 aliphatic carbocycles. The molecular formula is C29H29NO7. The predicted octanol–water partition coefficient (Wildman–Crippen LogP) is 5.24. The summed E-state index contributed by atoms with van der Waals surface area (Å²) in [5.74, 6) is 0.525. The molecule has 2 aliphatic heterocycles. The molecule has 5 rings (SSSR count). The molecule has 0 saturated carbocycles.